The number of hydrogen-bond acceptors (Lipinski definition) is 5. The fourth-order valence-corrected chi connectivity index (χ4v) is 6.11. The molecule has 4 aliphatic rings. The third kappa shape index (κ3) is 2.16. The minimum atomic E-state index is -0.700. The quantitative estimate of drug-likeness (QED) is 0.739. The van der Waals surface area contributed by atoms with Crippen molar-refractivity contribution in [2.75, 3.05) is 6.61 Å². The van der Waals surface area contributed by atoms with Gasteiger partial charge in [0.2, 0.25) is 6.10 Å². The first-order chi connectivity index (χ1) is 11.5. The predicted octanol–water partition coefficient (Wildman–Crippen LogP) is 2.71. The average Bonchev–Trinajstić information content (AvgIpc) is 3.29. The van der Waals surface area contributed by atoms with Crippen LogP contribution in [0.25, 0.3) is 0 Å². The van der Waals surface area contributed by atoms with Crippen LogP contribution in [0.2, 0.25) is 0 Å². The van der Waals surface area contributed by atoms with Gasteiger partial charge in [0.15, 0.2) is 0 Å². The standard InChI is InChI=1S/C19H28O5/c1-4-12-15-10-8-11(16(15)13(5-2)23-12)19(3,9-10)18(21)24-14-6-7-22-17(14)20/h10-16H,4-9H2,1-3H3. The Morgan fingerprint density at radius 2 is 1.96 bits per heavy atom. The van der Waals surface area contributed by atoms with Crippen LogP contribution in [-0.4, -0.2) is 36.9 Å². The Labute approximate surface area is 143 Å². The van der Waals surface area contributed by atoms with Crippen LogP contribution in [0.1, 0.15) is 52.9 Å². The van der Waals surface area contributed by atoms with Gasteiger partial charge in [-0.25, -0.2) is 4.79 Å². The third-order valence-corrected chi connectivity index (χ3v) is 7.13. The highest BCUT2D eigenvalue weighted by Crippen LogP contribution is 2.66. The number of carbonyl (C=O) groups excluding carboxylic acids is 2. The Bertz CT molecular complexity index is 546. The topological polar surface area (TPSA) is 61.8 Å². The average molecular weight is 336 g/mol. The summed E-state index contributed by atoms with van der Waals surface area (Å²) in [6.45, 7) is 6.78. The van der Waals surface area contributed by atoms with Gasteiger partial charge in [-0.15, -0.1) is 0 Å². The van der Waals surface area contributed by atoms with E-state index in [0.717, 1.165) is 25.7 Å². The van der Waals surface area contributed by atoms with E-state index in [9.17, 15) is 9.59 Å². The SMILES string of the molecule is CCC1OC(CC)C2C1C1CC2C(C)(C(=O)OC2CCOC2=O)C1. The number of hydrogen-bond donors (Lipinski definition) is 0. The van der Waals surface area contributed by atoms with Gasteiger partial charge in [0.25, 0.3) is 0 Å². The van der Waals surface area contributed by atoms with Crippen molar-refractivity contribution in [3.8, 4) is 0 Å². The molecule has 2 aliphatic heterocycles. The monoisotopic (exact) mass is 336 g/mol. The van der Waals surface area contributed by atoms with E-state index in [4.69, 9.17) is 14.2 Å². The summed E-state index contributed by atoms with van der Waals surface area (Å²) >= 11 is 0. The summed E-state index contributed by atoms with van der Waals surface area (Å²) in [5.41, 5.74) is -0.478. The molecule has 0 amide bonds. The first kappa shape index (κ1) is 16.4. The van der Waals surface area contributed by atoms with Crippen LogP contribution in [0, 0.1) is 29.1 Å². The maximum absolute atomic E-state index is 12.9. The van der Waals surface area contributed by atoms with Gasteiger partial charge in [0, 0.05) is 6.42 Å². The third-order valence-electron chi connectivity index (χ3n) is 7.13. The molecule has 0 spiro atoms. The van der Waals surface area contributed by atoms with Crippen LogP contribution >= 0.6 is 0 Å². The maximum atomic E-state index is 12.9. The molecule has 0 aromatic heterocycles. The second-order valence-corrected chi connectivity index (χ2v) is 8.26. The van der Waals surface area contributed by atoms with Gasteiger partial charge < -0.3 is 14.2 Å². The summed E-state index contributed by atoms with van der Waals surface area (Å²) in [4.78, 5) is 24.6. The fraction of sp³-hybridized carbons (Fsp3) is 0.895. The van der Waals surface area contributed by atoms with E-state index >= 15 is 0 Å². The fourth-order valence-electron chi connectivity index (χ4n) is 6.11. The molecule has 0 aromatic carbocycles. The zero-order chi connectivity index (χ0) is 17.1. The van der Waals surface area contributed by atoms with E-state index in [1.165, 1.54) is 0 Å². The molecule has 2 heterocycles. The van der Waals surface area contributed by atoms with E-state index in [2.05, 4.69) is 13.8 Å². The zero-order valence-corrected chi connectivity index (χ0v) is 14.8. The first-order valence-corrected chi connectivity index (χ1v) is 9.52. The van der Waals surface area contributed by atoms with E-state index < -0.39 is 17.5 Å². The van der Waals surface area contributed by atoms with Gasteiger partial charge in [0.1, 0.15) is 0 Å². The zero-order valence-electron chi connectivity index (χ0n) is 14.8. The van der Waals surface area contributed by atoms with Crippen molar-refractivity contribution in [1.82, 2.24) is 0 Å². The molecule has 0 aromatic rings. The predicted molar refractivity (Wildman–Crippen MR) is 86.0 cm³/mol. The first-order valence-electron chi connectivity index (χ1n) is 9.52. The van der Waals surface area contributed by atoms with E-state index in [1.807, 2.05) is 6.92 Å². The second-order valence-electron chi connectivity index (χ2n) is 8.26. The largest absolute Gasteiger partial charge is 0.463 e. The lowest BCUT2D eigenvalue weighted by molar-refractivity contribution is -0.172. The lowest BCUT2D eigenvalue weighted by atomic mass is 9.63. The molecule has 24 heavy (non-hydrogen) atoms. The van der Waals surface area contributed by atoms with E-state index in [1.54, 1.807) is 0 Å². The van der Waals surface area contributed by atoms with Gasteiger partial charge in [-0.2, -0.15) is 0 Å². The number of esters is 2. The van der Waals surface area contributed by atoms with Crippen molar-refractivity contribution < 1.29 is 23.8 Å². The highest BCUT2D eigenvalue weighted by molar-refractivity contribution is 5.83. The highest BCUT2D eigenvalue weighted by Gasteiger charge is 2.67. The number of ether oxygens (including phenoxy) is 3. The van der Waals surface area contributed by atoms with Crippen molar-refractivity contribution in [3.63, 3.8) is 0 Å². The molecule has 4 rings (SSSR count). The molecule has 8 atom stereocenters. The van der Waals surface area contributed by atoms with Crippen LogP contribution in [0.15, 0.2) is 0 Å². The molecule has 5 nitrogen and oxygen atoms in total. The molecule has 134 valence electrons. The summed E-state index contributed by atoms with van der Waals surface area (Å²) in [7, 11) is 0. The van der Waals surface area contributed by atoms with Crippen molar-refractivity contribution >= 4 is 11.9 Å². The number of carbonyl (C=O) groups is 2. The molecule has 2 saturated carbocycles. The van der Waals surface area contributed by atoms with Gasteiger partial charge >= 0.3 is 11.9 Å². The molecule has 8 unspecified atom stereocenters. The minimum absolute atomic E-state index is 0.202. The van der Waals surface area contributed by atoms with Crippen molar-refractivity contribution in [1.29, 1.82) is 0 Å². The number of rotatable bonds is 4. The summed E-state index contributed by atoms with van der Waals surface area (Å²) in [6, 6.07) is 0. The van der Waals surface area contributed by atoms with Gasteiger partial charge in [-0.1, -0.05) is 13.8 Å². The molecule has 0 radical (unpaired) electrons. The van der Waals surface area contributed by atoms with Crippen molar-refractivity contribution in [3.05, 3.63) is 0 Å². The second kappa shape index (κ2) is 5.72. The van der Waals surface area contributed by atoms with Crippen LogP contribution in [0.3, 0.4) is 0 Å². The van der Waals surface area contributed by atoms with Crippen LogP contribution in [0.4, 0.5) is 0 Å². The molecule has 0 N–H and O–H groups in total. The molecule has 4 fully saturated rings. The Kier molecular flexibility index (Phi) is 3.90. The molecular weight excluding hydrogens is 308 g/mol. The lowest BCUT2D eigenvalue weighted by Gasteiger charge is -2.40. The van der Waals surface area contributed by atoms with Crippen molar-refractivity contribution in [2.24, 2.45) is 29.1 Å². The Balaban J connectivity index is 1.53. The molecule has 5 heteroatoms. The Morgan fingerprint density at radius 1 is 1.25 bits per heavy atom. The van der Waals surface area contributed by atoms with E-state index in [-0.39, 0.29) is 12.1 Å². The summed E-state index contributed by atoms with van der Waals surface area (Å²) in [6.07, 6.45) is 4.42. The van der Waals surface area contributed by atoms with Crippen LogP contribution in [0.5, 0.6) is 0 Å². The summed E-state index contributed by atoms with van der Waals surface area (Å²) < 4.78 is 16.8. The van der Waals surface area contributed by atoms with Crippen LogP contribution < -0.4 is 0 Å². The summed E-state index contributed by atoms with van der Waals surface area (Å²) in [5.74, 6) is 1.34. The molecular formula is C19H28O5. The van der Waals surface area contributed by atoms with Gasteiger partial charge in [-0.05, 0) is 56.3 Å². The van der Waals surface area contributed by atoms with Gasteiger partial charge in [0.05, 0.1) is 24.2 Å². The number of cyclic esters (lactones) is 1. The smallest absolute Gasteiger partial charge is 0.347 e. The Morgan fingerprint density at radius 3 is 2.58 bits per heavy atom. The van der Waals surface area contributed by atoms with Crippen molar-refractivity contribution in [2.45, 2.75) is 71.2 Å². The molecule has 2 saturated heterocycles. The molecule has 2 bridgehead atoms. The van der Waals surface area contributed by atoms with Crippen LogP contribution in [-0.2, 0) is 23.8 Å². The lowest BCUT2D eigenvalue weighted by Crippen LogP contribution is -2.45. The number of fused-ring (bicyclic) bond motifs is 5. The maximum Gasteiger partial charge on any atom is 0.347 e. The van der Waals surface area contributed by atoms with E-state index in [0.29, 0.717) is 42.8 Å². The summed E-state index contributed by atoms with van der Waals surface area (Å²) in [5, 5.41) is 0. The normalized spacial score (nSPS) is 49.3. The minimum Gasteiger partial charge on any atom is -0.463 e. The Hall–Kier alpha value is -1.10. The highest BCUT2D eigenvalue weighted by atomic mass is 16.6. The van der Waals surface area contributed by atoms with Gasteiger partial charge in [-0.3, -0.25) is 4.79 Å². The molecule has 2 aliphatic carbocycles.